The van der Waals surface area contributed by atoms with Crippen molar-refractivity contribution in [3.63, 3.8) is 0 Å². The standard InChI is InChI=1S/C24H28N4O3/c1-16(12-30-20-4-2-19-3-5-22(29)31-21(19)7-20)27-23-8-17-6-18(9-23)11-24(10-17,13-23)28-15-25-14-26-28/h2-5,7,14-18,27H,6,8-13H2,1H3. The van der Waals surface area contributed by atoms with Crippen molar-refractivity contribution >= 4 is 11.0 Å². The third kappa shape index (κ3) is 3.35. The van der Waals surface area contributed by atoms with E-state index in [1.807, 2.05) is 18.5 Å². The molecule has 7 rings (SSSR count). The SMILES string of the molecule is CC(COc1ccc2ccc(=O)oc2c1)NC12CC3CC(C1)CC(n1cncn1)(C3)C2. The van der Waals surface area contributed by atoms with Gasteiger partial charge in [0.1, 0.15) is 30.6 Å². The van der Waals surface area contributed by atoms with E-state index in [9.17, 15) is 4.79 Å². The number of hydrogen-bond donors (Lipinski definition) is 1. The van der Waals surface area contributed by atoms with Crippen LogP contribution in [0.1, 0.15) is 45.4 Å². The van der Waals surface area contributed by atoms with E-state index in [0.29, 0.717) is 12.2 Å². The lowest BCUT2D eigenvalue weighted by atomic mass is 9.49. The minimum atomic E-state index is -0.345. The summed E-state index contributed by atoms with van der Waals surface area (Å²) in [5.74, 6) is 2.24. The fourth-order valence-corrected chi connectivity index (χ4v) is 7.02. The van der Waals surface area contributed by atoms with Gasteiger partial charge in [-0.1, -0.05) is 0 Å². The lowest BCUT2D eigenvalue weighted by molar-refractivity contribution is -0.0825. The molecule has 0 aliphatic heterocycles. The highest BCUT2D eigenvalue weighted by Gasteiger charge is 2.59. The molecule has 162 valence electrons. The first-order valence-electron chi connectivity index (χ1n) is 11.3. The van der Waals surface area contributed by atoms with Crippen molar-refractivity contribution in [2.45, 2.75) is 62.6 Å². The topological polar surface area (TPSA) is 82.2 Å². The third-order valence-electron chi connectivity index (χ3n) is 7.58. The molecule has 4 bridgehead atoms. The van der Waals surface area contributed by atoms with Gasteiger partial charge in [0.05, 0.1) is 5.54 Å². The van der Waals surface area contributed by atoms with Crippen LogP contribution in [0, 0.1) is 11.8 Å². The molecule has 0 radical (unpaired) electrons. The molecule has 2 aromatic heterocycles. The van der Waals surface area contributed by atoms with Gasteiger partial charge in [-0.15, -0.1) is 0 Å². The number of nitrogens with one attached hydrogen (secondary N) is 1. The highest BCUT2D eigenvalue weighted by atomic mass is 16.5. The van der Waals surface area contributed by atoms with Gasteiger partial charge in [-0.2, -0.15) is 5.10 Å². The van der Waals surface area contributed by atoms with Crippen LogP contribution >= 0.6 is 0 Å². The van der Waals surface area contributed by atoms with Crippen LogP contribution in [0.4, 0.5) is 0 Å². The molecule has 4 saturated carbocycles. The number of nitrogens with zero attached hydrogens (tertiary/aromatic N) is 3. The molecule has 7 heteroatoms. The first-order valence-corrected chi connectivity index (χ1v) is 11.3. The molecule has 0 spiro atoms. The number of rotatable bonds is 6. The Hall–Kier alpha value is -2.67. The van der Waals surface area contributed by atoms with Gasteiger partial charge in [0.2, 0.25) is 0 Å². The number of ether oxygens (including phenoxy) is 1. The van der Waals surface area contributed by atoms with E-state index < -0.39 is 0 Å². The van der Waals surface area contributed by atoms with Crippen LogP contribution in [0.3, 0.4) is 0 Å². The molecule has 3 aromatic rings. The average Bonchev–Trinajstić information content (AvgIpc) is 3.26. The third-order valence-corrected chi connectivity index (χ3v) is 7.58. The van der Waals surface area contributed by atoms with E-state index in [4.69, 9.17) is 9.15 Å². The molecule has 3 unspecified atom stereocenters. The lowest BCUT2D eigenvalue weighted by Gasteiger charge is -2.62. The molecule has 1 aromatic carbocycles. The first kappa shape index (κ1) is 19.0. The second kappa shape index (κ2) is 6.92. The molecule has 4 aliphatic rings. The average molecular weight is 421 g/mol. The van der Waals surface area contributed by atoms with Gasteiger partial charge < -0.3 is 14.5 Å². The van der Waals surface area contributed by atoms with Gasteiger partial charge in [0, 0.05) is 29.1 Å². The van der Waals surface area contributed by atoms with Crippen molar-refractivity contribution in [2.75, 3.05) is 6.61 Å². The Morgan fingerprint density at radius 3 is 2.81 bits per heavy atom. The van der Waals surface area contributed by atoms with Gasteiger partial charge in [0.15, 0.2) is 0 Å². The van der Waals surface area contributed by atoms with Crippen LogP contribution in [-0.4, -0.2) is 33.0 Å². The summed E-state index contributed by atoms with van der Waals surface area (Å²) in [6.07, 6.45) is 11.0. The molecule has 2 heterocycles. The van der Waals surface area contributed by atoms with Crippen molar-refractivity contribution in [1.29, 1.82) is 0 Å². The van der Waals surface area contributed by atoms with Crippen LogP contribution < -0.4 is 15.7 Å². The maximum atomic E-state index is 11.5. The molecule has 1 N–H and O–H groups in total. The predicted molar refractivity (Wildman–Crippen MR) is 116 cm³/mol. The van der Waals surface area contributed by atoms with Crippen LogP contribution in [0.15, 0.2) is 52.2 Å². The number of benzene rings is 1. The smallest absolute Gasteiger partial charge is 0.336 e. The number of hydrogen-bond acceptors (Lipinski definition) is 6. The van der Waals surface area contributed by atoms with Crippen molar-refractivity contribution in [1.82, 2.24) is 20.1 Å². The van der Waals surface area contributed by atoms with Crippen molar-refractivity contribution in [2.24, 2.45) is 11.8 Å². The summed E-state index contributed by atoms with van der Waals surface area (Å²) in [5, 5.41) is 9.41. The van der Waals surface area contributed by atoms with Gasteiger partial charge >= 0.3 is 5.63 Å². The van der Waals surface area contributed by atoms with E-state index in [1.54, 1.807) is 18.5 Å². The number of fused-ring (bicyclic) bond motifs is 1. The van der Waals surface area contributed by atoms with Crippen LogP contribution in [0.5, 0.6) is 5.75 Å². The highest BCUT2D eigenvalue weighted by molar-refractivity contribution is 5.77. The summed E-state index contributed by atoms with van der Waals surface area (Å²) in [6.45, 7) is 2.76. The molecule has 31 heavy (non-hydrogen) atoms. The quantitative estimate of drug-likeness (QED) is 0.615. The molecular formula is C24H28N4O3. The van der Waals surface area contributed by atoms with Gasteiger partial charge in [-0.05, 0) is 75.5 Å². The molecule has 4 fully saturated rings. The maximum Gasteiger partial charge on any atom is 0.336 e. The second-order valence-corrected chi connectivity index (χ2v) is 10.1. The Labute approximate surface area is 180 Å². The Morgan fingerprint density at radius 2 is 2.03 bits per heavy atom. The van der Waals surface area contributed by atoms with Crippen molar-refractivity contribution < 1.29 is 9.15 Å². The number of aromatic nitrogens is 3. The Bertz CT molecular complexity index is 1140. The lowest BCUT2D eigenvalue weighted by Crippen LogP contribution is -2.66. The molecular weight excluding hydrogens is 392 g/mol. The minimum absolute atomic E-state index is 0.115. The molecule has 0 saturated heterocycles. The minimum Gasteiger partial charge on any atom is -0.492 e. The molecule has 4 aliphatic carbocycles. The Balaban J connectivity index is 1.16. The van der Waals surface area contributed by atoms with E-state index in [2.05, 4.69) is 27.0 Å². The van der Waals surface area contributed by atoms with E-state index in [-0.39, 0.29) is 22.7 Å². The first-order chi connectivity index (χ1) is 15.0. The van der Waals surface area contributed by atoms with E-state index in [1.165, 1.54) is 38.2 Å². The summed E-state index contributed by atoms with van der Waals surface area (Å²) in [7, 11) is 0. The van der Waals surface area contributed by atoms with Crippen molar-refractivity contribution in [3.05, 3.63) is 53.4 Å². The largest absolute Gasteiger partial charge is 0.492 e. The highest BCUT2D eigenvalue weighted by Crippen LogP contribution is 2.60. The Kier molecular flexibility index (Phi) is 4.25. The normalized spacial score (nSPS) is 32.4. The summed E-state index contributed by atoms with van der Waals surface area (Å²) in [6, 6.07) is 9.07. The monoisotopic (exact) mass is 420 g/mol. The van der Waals surface area contributed by atoms with E-state index >= 15 is 0 Å². The zero-order valence-corrected chi connectivity index (χ0v) is 17.8. The van der Waals surface area contributed by atoms with Crippen LogP contribution in [-0.2, 0) is 5.54 Å². The maximum absolute atomic E-state index is 11.5. The zero-order chi connectivity index (χ0) is 21.1. The summed E-state index contributed by atoms with van der Waals surface area (Å²) in [4.78, 5) is 15.7. The molecule has 0 amide bonds. The summed E-state index contributed by atoms with van der Waals surface area (Å²) in [5.41, 5.74) is 0.475. The zero-order valence-electron chi connectivity index (χ0n) is 17.8. The molecule has 7 nitrogen and oxygen atoms in total. The predicted octanol–water partition coefficient (Wildman–Crippen LogP) is 3.49. The van der Waals surface area contributed by atoms with Gasteiger partial charge in [-0.3, -0.25) is 0 Å². The van der Waals surface area contributed by atoms with Crippen LogP contribution in [0.2, 0.25) is 0 Å². The second-order valence-electron chi connectivity index (χ2n) is 10.1. The van der Waals surface area contributed by atoms with Gasteiger partial charge in [-0.25, -0.2) is 14.5 Å². The fourth-order valence-electron chi connectivity index (χ4n) is 7.02. The Morgan fingerprint density at radius 1 is 1.23 bits per heavy atom. The van der Waals surface area contributed by atoms with E-state index in [0.717, 1.165) is 29.4 Å². The van der Waals surface area contributed by atoms with Crippen LogP contribution in [0.25, 0.3) is 11.0 Å². The molecule has 3 atom stereocenters. The fraction of sp³-hybridized carbons (Fsp3) is 0.542. The van der Waals surface area contributed by atoms with Crippen molar-refractivity contribution in [3.8, 4) is 5.75 Å². The van der Waals surface area contributed by atoms with Gasteiger partial charge in [0.25, 0.3) is 0 Å². The summed E-state index contributed by atoms with van der Waals surface area (Å²) < 4.78 is 13.5. The summed E-state index contributed by atoms with van der Waals surface area (Å²) >= 11 is 0.